The molecule has 0 saturated carbocycles. The van der Waals surface area contributed by atoms with Gasteiger partial charge < -0.3 is 4.42 Å². The second-order valence-corrected chi connectivity index (χ2v) is 6.13. The predicted octanol–water partition coefficient (Wildman–Crippen LogP) is 4.38. The summed E-state index contributed by atoms with van der Waals surface area (Å²) in [6.07, 6.45) is 1.36. The Balaban J connectivity index is 1.65. The molecule has 0 aliphatic carbocycles. The molecule has 0 atom stereocenters. The minimum atomic E-state index is -0.563. The van der Waals surface area contributed by atoms with Crippen LogP contribution in [-0.2, 0) is 0 Å². The van der Waals surface area contributed by atoms with Crippen molar-refractivity contribution in [3.05, 3.63) is 86.6 Å². The maximum absolute atomic E-state index is 12.0. The summed E-state index contributed by atoms with van der Waals surface area (Å²) in [6, 6.07) is 16.6. The third-order valence-corrected chi connectivity index (χ3v) is 3.96. The maximum atomic E-state index is 12.0. The minimum Gasteiger partial charge on any atom is -0.455 e. The first-order chi connectivity index (χ1) is 12.5. The molecule has 1 N–H and O–H groups in total. The number of hydrogen-bond donors (Lipinski definition) is 1. The minimum absolute atomic E-state index is 0.145. The predicted molar refractivity (Wildman–Crippen MR) is 100 cm³/mol. The van der Waals surface area contributed by atoms with Crippen LogP contribution in [0.5, 0.6) is 0 Å². The first-order valence-corrected chi connectivity index (χ1v) is 8.26. The quantitative estimate of drug-likeness (QED) is 0.381. The lowest BCUT2D eigenvalue weighted by molar-refractivity contribution is -0.384. The molecule has 2 aromatic carbocycles. The van der Waals surface area contributed by atoms with Crippen LogP contribution in [0.3, 0.4) is 0 Å². The number of nitrogens with one attached hydrogen (secondary N) is 1. The second-order valence-electron chi connectivity index (χ2n) is 5.22. The zero-order chi connectivity index (χ0) is 18.5. The lowest BCUT2D eigenvalue weighted by Crippen LogP contribution is -2.17. The van der Waals surface area contributed by atoms with E-state index in [0.717, 1.165) is 10.0 Å². The first-order valence-electron chi connectivity index (χ1n) is 7.46. The van der Waals surface area contributed by atoms with Gasteiger partial charge in [-0.3, -0.25) is 14.9 Å². The molecular formula is C18H12BrN3O4. The third-order valence-electron chi connectivity index (χ3n) is 3.43. The van der Waals surface area contributed by atoms with Crippen molar-refractivity contribution in [2.24, 2.45) is 5.10 Å². The van der Waals surface area contributed by atoms with Gasteiger partial charge in [0.25, 0.3) is 11.6 Å². The largest absolute Gasteiger partial charge is 0.455 e. The zero-order valence-corrected chi connectivity index (χ0v) is 14.8. The summed E-state index contributed by atoms with van der Waals surface area (Å²) < 4.78 is 6.61. The Bertz CT molecular complexity index is 980. The van der Waals surface area contributed by atoms with Crippen LogP contribution in [0, 0.1) is 10.1 Å². The fourth-order valence-corrected chi connectivity index (χ4v) is 2.44. The standard InChI is InChI=1S/C18H12BrN3O4/c19-14-6-4-12(5-7-14)17-9-8-16(26-17)11-20-21-18(23)13-2-1-3-15(10-13)22(24)25/h1-11H,(H,21,23)/b20-11-. The van der Waals surface area contributed by atoms with Crippen LogP contribution in [-0.4, -0.2) is 17.0 Å². The Hall–Kier alpha value is -3.26. The lowest BCUT2D eigenvalue weighted by atomic mass is 10.2. The maximum Gasteiger partial charge on any atom is 0.271 e. The number of halogens is 1. The van der Waals surface area contributed by atoms with Gasteiger partial charge in [0.1, 0.15) is 11.5 Å². The molecule has 130 valence electrons. The average molecular weight is 414 g/mol. The van der Waals surface area contributed by atoms with E-state index in [2.05, 4.69) is 26.5 Å². The van der Waals surface area contributed by atoms with Gasteiger partial charge in [-0.1, -0.05) is 34.1 Å². The molecule has 0 aliphatic rings. The fraction of sp³-hybridized carbons (Fsp3) is 0. The number of benzene rings is 2. The number of nitro groups is 1. The molecule has 0 saturated heterocycles. The summed E-state index contributed by atoms with van der Waals surface area (Å²) >= 11 is 3.37. The van der Waals surface area contributed by atoms with E-state index in [-0.39, 0.29) is 11.3 Å². The number of carbonyl (C=O) groups is 1. The van der Waals surface area contributed by atoms with E-state index in [1.807, 2.05) is 24.3 Å². The number of amides is 1. The first kappa shape index (κ1) is 17.6. The smallest absolute Gasteiger partial charge is 0.271 e. The summed E-state index contributed by atoms with van der Waals surface area (Å²) in [5.41, 5.74) is 3.21. The van der Waals surface area contributed by atoms with E-state index in [0.29, 0.717) is 11.5 Å². The van der Waals surface area contributed by atoms with Crippen molar-refractivity contribution in [2.75, 3.05) is 0 Å². The highest BCUT2D eigenvalue weighted by Crippen LogP contribution is 2.23. The Morgan fingerprint density at radius 2 is 1.92 bits per heavy atom. The molecule has 1 heterocycles. The second kappa shape index (κ2) is 7.75. The van der Waals surface area contributed by atoms with E-state index in [4.69, 9.17) is 4.42 Å². The number of nitrogens with zero attached hydrogens (tertiary/aromatic N) is 2. The monoisotopic (exact) mass is 413 g/mol. The molecule has 1 aromatic heterocycles. The van der Waals surface area contributed by atoms with Crippen LogP contribution in [0.15, 0.2) is 74.7 Å². The fourth-order valence-electron chi connectivity index (χ4n) is 2.17. The van der Waals surface area contributed by atoms with Gasteiger partial charge in [0, 0.05) is 27.7 Å². The van der Waals surface area contributed by atoms with Gasteiger partial charge in [-0.25, -0.2) is 5.43 Å². The van der Waals surface area contributed by atoms with Gasteiger partial charge in [-0.15, -0.1) is 0 Å². The van der Waals surface area contributed by atoms with E-state index in [9.17, 15) is 14.9 Å². The van der Waals surface area contributed by atoms with Crippen molar-refractivity contribution < 1.29 is 14.1 Å². The number of non-ortho nitro benzene ring substituents is 1. The van der Waals surface area contributed by atoms with Gasteiger partial charge in [0.15, 0.2) is 0 Å². The van der Waals surface area contributed by atoms with Crippen LogP contribution in [0.4, 0.5) is 5.69 Å². The molecule has 7 nitrogen and oxygen atoms in total. The summed E-state index contributed by atoms with van der Waals surface area (Å²) in [5.74, 6) is 0.580. The van der Waals surface area contributed by atoms with Crippen LogP contribution >= 0.6 is 15.9 Å². The SMILES string of the molecule is O=C(N/N=C\c1ccc(-c2ccc(Br)cc2)o1)c1cccc([N+](=O)[O-])c1. The zero-order valence-electron chi connectivity index (χ0n) is 13.3. The Labute approximate surface area is 156 Å². The van der Waals surface area contributed by atoms with E-state index < -0.39 is 10.8 Å². The van der Waals surface area contributed by atoms with Gasteiger partial charge >= 0.3 is 0 Å². The van der Waals surface area contributed by atoms with Crippen molar-refractivity contribution in [2.45, 2.75) is 0 Å². The van der Waals surface area contributed by atoms with Crippen molar-refractivity contribution in [1.82, 2.24) is 5.43 Å². The topological polar surface area (TPSA) is 97.7 Å². The highest BCUT2D eigenvalue weighted by atomic mass is 79.9. The molecule has 0 aliphatic heterocycles. The Morgan fingerprint density at radius 3 is 2.65 bits per heavy atom. The van der Waals surface area contributed by atoms with Crippen molar-refractivity contribution in [3.8, 4) is 11.3 Å². The average Bonchev–Trinajstić information content (AvgIpc) is 3.11. The summed E-state index contributed by atoms with van der Waals surface area (Å²) in [6.45, 7) is 0. The Kier molecular flexibility index (Phi) is 5.23. The number of nitro benzene ring substituents is 1. The highest BCUT2D eigenvalue weighted by molar-refractivity contribution is 9.10. The van der Waals surface area contributed by atoms with Crippen LogP contribution in [0.1, 0.15) is 16.1 Å². The Morgan fingerprint density at radius 1 is 1.15 bits per heavy atom. The molecule has 0 spiro atoms. The molecule has 1 amide bonds. The van der Waals surface area contributed by atoms with Crippen LogP contribution in [0.25, 0.3) is 11.3 Å². The number of carbonyl (C=O) groups excluding carboxylic acids is 1. The van der Waals surface area contributed by atoms with Crippen molar-refractivity contribution >= 4 is 33.7 Å². The van der Waals surface area contributed by atoms with Crippen LogP contribution in [0.2, 0.25) is 0 Å². The molecule has 26 heavy (non-hydrogen) atoms. The molecule has 0 bridgehead atoms. The molecule has 3 rings (SSSR count). The highest BCUT2D eigenvalue weighted by Gasteiger charge is 2.10. The number of furan rings is 1. The molecule has 3 aromatic rings. The van der Waals surface area contributed by atoms with Crippen molar-refractivity contribution in [1.29, 1.82) is 0 Å². The number of hydrazone groups is 1. The third kappa shape index (κ3) is 4.22. The number of rotatable bonds is 5. The van der Waals surface area contributed by atoms with E-state index >= 15 is 0 Å². The van der Waals surface area contributed by atoms with Gasteiger partial charge in [-0.05, 0) is 30.3 Å². The molecule has 8 heteroatoms. The summed E-state index contributed by atoms with van der Waals surface area (Å²) in [4.78, 5) is 22.2. The van der Waals surface area contributed by atoms with Crippen molar-refractivity contribution in [3.63, 3.8) is 0 Å². The summed E-state index contributed by atoms with van der Waals surface area (Å²) in [5, 5.41) is 14.6. The van der Waals surface area contributed by atoms with E-state index in [1.165, 1.54) is 30.5 Å². The van der Waals surface area contributed by atoms with Crippen LogP contribution < -0.4 is 5.43 Å². The van der Waals surface area contributed by atoms with Gasteiger partial charge in [0.05, 0.1) is 11.1 Å². The molecule has 0 unspecified atom stereocenters. The molecule has 0 fully saturated rings. The molecular weight excluding hydrogens is 402 g/mol. The summed E-state index contributed by atoms with van der Waals surface area (Å²) in [7, 11) is 0. The van der Waals surface area contributed by atoms with Gasteiger partial charge in [-0.2, -0.15) is 5.10 Å². The normalized spacial score (nSPS) is 10.8. The van der Waals surface area contributed by atoms with Gasteiger partial charge in [0.2, 0.25) is 0 Å². The lowest BCUT2D eigenvalue weighted by Gasteiger charge is -1.99. The van der Waals surface area contributed by atoms with E-state index in [1.54, 1.807) is 12.1 Å². The molecule has 0 radical (unpaired) electrons. The number of hydrogen-bond acceptors (Lipinski definition) is 5.